The second kappa shape index (κ2) is 15.0. The van der Waals surface area contributed by atoms with Gasteiger partial charge >= 0.3 is 12.4 Å². The molecular weight excluding hydrogens is 561 g/mol. The monoisotopic (exact) mass is 590 g/mol. The zero-order valence-electron chi connectivity index (χ0n) is 21.7. The van der Waals surface area contributed by atoms with Gasteiger partial charge in [-0.15, -0.1) is 0 Å². The van der Waals surface area contributed by atoms with Crippen LogP contribution in [0.2, 0.25) is 0 Å². The molecular formula is C28H29F7N2O4. The second-order valence-electron chi connectivity index (χ2n) is 9.63. The van der Waals surface area contributed by atoms with E-state index in [1.165, 1.54) is 18.2 Å². The second-order valence-corrected chi connectivity index (χ2v) is 9.63. The molecule has 4 rings (SSSR count). The number of ether oxygens (including phenoxy) is 1. The summed E-state index contributed by atoms with van der Waals surface area (Å²) in [5.74, 6) is -0.899. The lowest BCUT2D eigenvalue weighted by molar-refractivity contribution is -0.138. The topological polar surface area (TPSA) is 118 Å². The number of benzene rings is 2. The van der Waals surface area contributed by atoms with Crippen molar-refractivity contribution in [1.29, 1.82) is 10.5 Å². The van der Waals surface area contributed by atoms with Crippen molar-refractivity contribution in [2.75, 3.05) is 0 Å². The van der Waals surface area contributed by atoms with Crippen LogP contribution >= 0.6 is 0 Å². The predicted octanol–water partition coefficient (Wildman–Crippen LogP) is 6.26. The molecule has 2 aliphatic rings. The number of rotatable bonds is 2. The lowest BCUT2D eigenvalue weighted by Crippen LogP contribution is -2.26. The average molecular weight is 591 g/mol. The van der Waals surface area contributed by atoms with Crippen LogP contribution in [0.1, 0.15) is 73.6 Å². The number of aliphatic hydroxyl groups excluding tert-OH is 3. The van der Waals surface area contributed by atoms with E-state index in [0.29, 0.717) is 31.7 Å². The summed E-state index contributed by atoms with van der Waals surface area (Å²) in [6, 6.07) is 8.15. The first-order chi connectivity index (χ1) is 19.1. The summed E-state index contributed by atoms with van der Waals surface area (Å²) in [7, 11) is 0. The smallest absolute Gasteiger partial charge is 0.417 e. The molecule has 0 bridgehead atoms. The summed E-state index contributed by atoms with van der Waals surface area (Å²) >= 11 is 0. The SMILES string of the molecule is N#Cc1ccc(F)cc1C(F)(F)F.N#Cc1ccc(OC2CCC(O)CC2)cc1C(F)(F)F.OC1CCC(O)CC1. The van der Waals surface area contributed by atoms with Crippen LogP contribution in [0.4, 0.5) is 30.7 Å². The Kier molecular flexibility index (Phi) is 12.4. The lowest BCUT2D eigenvalue weighted by atomic mass is 9.95. The van der Waals surface area contributed by atoms with E-state index in [0.717, 1.165) is 49.9 Å². The Labute approximate surface area is 232 Å². The maximum Gasteiger partial charge on any atom is 0.417 e. The van der Waals surface area contributed by atoms with Crippen molar-refractivity contribution >= 4 is 0 Å². The molecule has 0 atom stereocenters. The van der Waals surface area contributed by atoms with Crippen LogP contribution < -0.4 is 4.74 Å². The van der Waals surface area contributed by atoms with E-state index in [-0.39, 0.29) is 30.2 Å². The molecule has 0 unspecified atom stereocenters. The van der Waals surface area contributed by atoms with Gasteiger partial charge in [0.1, 0.15) is 11.6 Å². The highest BCUT2D eigenvalue weighted by Gasteiger charge is 2.35. The standard InChI is InChI=1S/C14H14F3NO2.C8H3F4N.C6H12O2/c15-14(16,17)13-7-12(4-1-9(13)8-18)20-11-5-2-10(19)3-6-11;9-6-2-1-5(4-13)7(3-6)8(10,11)12;7-5-1-2-6(8)4-3-5/h1,4,7,10-11,19H,2-3,5-6H2;1-3H;5-8H,1-4H2. The summed E-state index contributed by atoms with van der Waals surface area (Å²) in [6.45, 7) is 0. The number of nitrogens with zero attached hydrogens (tertiary/aromatic N) is 2. The van der Waals surface area contributed by atoms with Crippen LogP contribution in [0.15, 0.2) is 36.4 Å². The van der Waals surface area contributed by atoms with Crippen LogP contribution in [-0.2, 0) is 12.4 Å². The maximum absolute atomic E-state index is 12.8. The minimum atomic E-state index is -4.69. The highest BCUT2D eigenvalue weighted by molar-refractivity contribution is 5.44. The molecule has 2 fully saturated rings. The molecule has 2 aromatic rings. The Balaban J connectivity index is 0.000000239. The number of halogens is 7. The van der Waals surface area contributed by atoms with Gasteiger partial charge < -0.3 is 20.1 Å². The fourth-order valence-electron chi connectivity index (χ4n) is 4.19. The van der Waals surface area contributed by atoms with E-state index in [4.69, 9.17) is 25.5 Å². The zero-order chi connectivity index (χ0) is 30.8. The molecule has 0 heterocycles. The third kappa shape index (κ3) is 11.2. The molecule has 0 aliphatic heterocycles. The van der Waals surface area contributed by atoms with Crippen molar-refractivity contribution in [1.82, 2.24) is 0 Å². The molecule has 2 saturated carbocycles. The van der Waals surface area contributed by atoms with Gasteiger partial charge in [-0.25, -0.2) is 4.39 Å². The number of alkyl halides is 6. The minimum absolute atomic E-state index is 0.109. The van der Waals surface area contributed by atoms with Crippen molar-refractivity contribution in [3.63, 3.8) is 0 Å². The zero-order valence-corrected chi connectivity index (χ0v) is 21.7. The van der Waals surface area contributed by atoms with Crippen molar-refractivity contribution < 1.29 is 50.8 Å². The van der Waals surface area contributed by atoms with Gasteiger partial charge in [-0.3, -0.25) is 0 Å². The highest BCUT2D eigenvalue weighted by atomic mass is 19.4. The molecule has 6 nitrogen and oxygen atoms in total. The van der Waals surface area contributed by atoms with Gasteiger partial charge in [0, 0.05) is 0 Å². The van der Waals surface area contributed by atoms with Crippen molar-refractivity contribution in [2.24, 2.45) is 0 Å². The fraction of sp³-hybridized carbons (Fsp3) is 0.500. The van der Waals surface area contributed by atoms with Crippen molar-refractivity contribution in [2.45, 2.75) is 88.1 Å². The van der Waals surface area contributed by atoms with E-state index >= 15 is 0 Å². The normalized spacial score (nSPS) is 22.5. The van der Waals surface area contributed by atoms with Crippen molar-refractivity contribution in [3.8, 4) is 17.9 Å². The van der Waals surface area contributed by atoms with E-state index in [9.17, 15) is 35.8 Å². The quantitative estimate of drug-likeness (QED) is 0.356. The molecule has 0 saturated heterocycles. The maximum atomic E-state index is 12.8. The average Bonchev–Trinajstić information content (AvgIpc) is 2.91. The first kappa shape index (κ1) is 33.8. The molecule has 224 valence electrons. The van der Waals surface area contributed by atoms with Crippen LogP contribution in [0, 0.1) is 28.5 Å². The first-order valence-corrected chi connectivity index (χ1v) is 12.7. The molecule has 2 aliphatic carbocycles. The van der Waals surface area contributed by atoms with E-state index < -0.39 is 40.4 Å². The Morgan fingerprint density at radius 3 is 1.44 bits per heavy atom. The van der Waals surface area contributed by atoms with E-state index in [1.54, 1.807) is 0 Å². The number of nitriles is 2. The van der Waals surface area contributed by atoms with Gasteiger partial charge in [-0.05, 0) is 87.8 Å². The van der Waals surface area contributed by atoms with E-state index in [1.807, 2.05) is 0 Å². The number of hydrogen-bond acceptors (Lipinski definition) is 6. The predicted molar refractivity (Wildman–Crippen MR) is 132 cm³/mol. The Hall–Kier alpha value is -3.39. The van der Waals surface area contributed by atoms with Crippen LogP contribution in [0.5, 0.6) is 5.75 Å². The fourth-order valence-corrected chi connectivity index (χ4v) is 4.19. The Bertz CT molecular complexity index is 1200. The molecule has 3 N–H and O–H groups in total. The Morgan fingerprint density at radius 1 is 0.634 bits per heavy atom. The van der Waals surface area contributed by atoms with Gasteiger partial charge in [0.2, 0.25) is 0 Å². The van der Waals surface area contributed by atoms with E-state index in [2.05, 4.69) is 0 Å². The highest BCUT2D eigenvalue weighted by Crippen LogP contribution is 2.35. The summed E-state index contributed by atoms with van der Waals surface area (Å²) in [5, 5.41) is 44.2. The van der Waals surface area contributed by atoms with Crippen LogP contribution in [0.3, 0.4) is 0 Å². The first-order valence-electron chi connectivity index (χ1n) is 12.7. The number of aliphatic hydroxyl groups is 3. The Morgan fingerprint density at radius 2 is 1.02 bits per heavy atom. The largest absolute Gasteiger partial charge is 0.490 e. The lowest BCUT2D eigenvalue weighted by Gasteiger charge is -2.26. The van der Waals surface area contributed by atoms with Crippen LogP contribution in [0.25, 0.3) is 0 Å². The van der Waals surface area contributed by atoms with Gasteiger partial charge in [0.15, 0.2) is 0 Å². The molecule has 2 aromatic carbocycles. The molecule has 0 radical (unpaired) electrons. The van der Waals surface area contributed by atoms with Gasteiger partial charge in [0.25, 0.3) is 0 Å². The summed E-state index contributed by atoms with van der Waals surface area (Å²) in [5.41, 5.74) is -3.21. The van der Waals surface area contributed by atoms with Gasteiger partial charge in [-0.2, -0.15) is 36.9 Å². The summed E-state index contributed by atoms with van der Waals surface area (Å²) in [4.78, 5) is 0. The summed E-state index contributed by atoms with van der Waals surface area (Å²) < 4.78 is 92.6. The third-order valence-electron chi connectivity index (χ3n) is 6.44. The van der Waals surface area contributed by atoms with Gasteiger partial charge in [0.05, 0.1) is 58.8 Å². The molecule has 41 heavy (non-hydrogen) atoms. The van der Waals surface area contributed by atoms with Gasteiger partial charge in [-0.1, -0.05) is 0 Å². The summed E-state index contributed by atoms with van der Waals surface area (Å²) in [6.07, 6.45) is -4.55. The number of hydrogen-bond donors (Lipinski definition) is 3. The van der Waals surface area contributed by atoms with Crippen molar-refractivity contribution in [3.05, 3.63) is 64.5 Å². The minimum Gasteiger partial charge on any atom is -0.490 e. The molecule has 0 spiro atoms. The molecule has 0 aromatic heterocycles. The third-order valence-corrected chi connectivity index (χ3v) is 6.44. The molecule has 0 amide bonds. The van der Waals surface area contributed by atoms with Crippen LogP contribution in [-0.4, -0.2) is 39.7 Å². The molecule has 13 heteroatoms.